The van der Waals surface area contributed by atoms with E-state index in [9.17, 15) is 0 Å². The molecule has 4 rings (SSSR count). The SMILES string of the molecule is Cc1noc([C@H](NCc2ccc3c(c2)OCCO3)C2CCOCC2)n1. The van der Waals surface area contributed by atoms with E-state index in [1.54, 1.807) is 0 Å². The van der Waals surface area contributed by atoms with Gasteiger partial charge in [0, 0.05) is 19.8 Å². The Bertz CT molecular complexity index is 712. The number of benzene rings is 1. The second-order valence-corrected chi connectivity index (χ2v) is 6.47. The summed E-state index contributed by atoms with van der Waals surface area (Å²) in [4.78, 5) is 4.44. The zero-order valence-electron chi connectivity index (χ0n) is 14.4. The topological polar surface area (TPSA) is 78.6 Å². The summed E-state index contributed by atoms with van der Waals surface area (Å²) < 4.78 is 22.2. The molecule has 3 heterocycles. The predicted molar refractivity (Wildman–Crippen MR) is 89.6 cm³/mol. The number of rotatable bonds is 5. The van der Waals surface area contributed by atoms with Crippen LogP contribution in [0.2, 0.25) is 0 Å². The normalized spacial score (nSPS) is 18.9. The van der Waals surface area contributed by atoms with Gasteiger partial charge in [-0.05, 0) is 43.4 Å². The van der Waals surface area contributed by atoms with E-state index >= 15 is 0 Å². The van der Waals surface area contributed by atoms with Crippen LogP contribution in [-0.4, -0.2) is 36.6 Å². The van der Waals surface area contributed by atoms with Crippen LogP contribution in [0.1, 0.15) is 36.2 Å². The maximum absolute atomic E-state index is 5.67. The van der Waals surface area contributed by atoms with Gasteiger partial charge in [-0.3, -0.25) is 0 Å². The second kappa shape index (κ2) is 7.41. The van der Waals surface area contributed by atoms with Gasteiger partial charge in [0.2, 0.25) is 5.89 Å². The number of nitrogens with one attached hydrogen (secondary N) is 1. The van der Waals surface area contributed by atoms with Crippen LogP contribution in [0.5, 0.6) is 11.5 Å². The Morgan fingerprint density at radius 2 is 1.92 bits per heavy atom. The zero-order chi connectivity index (χ0) is 17.1. The molecule has 1 aromatic carbocycles. The first kappa shape index (κ1) is 16.4. The number of ether oxygens (including phenoxy) is 3. The molecule has 0 bridgehead atoms. The smallest absolute Gasteiger partial charge is 0.244 e. The third kappa shape index (κ3) is 3.77. The summed E-state index contributed by atoms with van der Waals surface area (Å²) >= 11 is 0. The second-order valence-electron chi connectivity index (χ2n) is 6.47. The summed E-state index contributed by atoms with van der Waals surface area (Å²) in [6.07, 6.45) is 1.97. The fourth-order valence-electron chi connectivity index (χ4n) is 3.37. The maximum atomic E-state index is 5.67. The van der Waals surface area contributed by atoms with E-state index in [4.69, 9.17) is 18.7 Å². The van der Waals surface area contributed by atoms with Crippen molar-refractivity contribution in [3.05, 3.63) is 35.5 Å². The average molecular weight is 345 g/mol. The summed E-state index contributed by atoms with van der Waals surface area (Å²) in [6.45, 7) is 5.29. The van der Waals surface area contributed by atoms with Crippen LogP contribution >= 0.6 is 0 Å². The number of fused-ring (bicyclic) bond motifs is 1. The Balaban J connectivity index is 1.48. The Kier molecular flexibility index (Phi) is 4.85. The molecule has 1 fully saturated rings. The molecule has 25 heavy (non-hydrogen) atoms. The van der Waals surface area contributed by atoms with Gasteiger partial charge in [0.15, 0.2) is 17.3 Å². The molecule has 0 amide bonds. The highest BCUT2D eigenvalue weighted by atomic mass is 16.6. The molecule has 0 spiro atoms. The molecule has 1 aromatic heterocycles. The van der Waals surface area contributed by atoms with E-state index in [-0.39, 0.29) is 6.04 Å². The van der Waals surface area contributed by atoms with Gasteiger partial charge in [0.25, 0.3) is 0 Å². The van der Waals surface area contributed by atoms with Gasteiger partial charge in [-0.1, -0.05) is 11.2 Å². The minimum Gasteiger partial charge on any atom is -0.486 e. The summed E-state index contributed by atoms with van der Waals surface area (Å²) in [7, 11) is 0. The first-order chi connectivity index (χ1) is 12.3. The van der Waals surface area contributed by atoms with Gasteiger partial charge in [-0.2, -0.15) is 4.98 Å². The van der Waals surface area contributed by atoms with E-state index in [0.717, 1.165) is 43.1 Å². The Labute approximate surface area is 146 Å². The predicted octanol–water partition coefficient (Wildman–Crippen LogP) is 2.41. The zero-order valence-corrected chi connectivity index (χ0v) is 14.4. The maximum Gasteiger partial charge on any atom is 0.244 e. The van der Waals surface area contributed by atoms with Gasteiger partial charge in [-0.25, -0.2) is 0 Å². The first-order valence-electron chi connectivity index (χ1n) is 8.79. The van der Waals surface area contributed by atoms with Crippen LogP contribution in [0.3, 0.4) is 0 Å². The van der Waals surface area contributed by atoms with Gasteiger partial charge >= 0.3 is 0 Å². The highest BCUT2D eigenvalue weighted by Crippen LogP contribution is 2.32. The molecule has 2 aliphatic rings. The van der Waals surface area contributed by atoms with Gasteiger partial charge in [0.05, 0.1) is 6.04 Å². The van der Waals surface area contributed by atoms with Crippen molar-refractivity contribution in [3.8, 4) is 11.5 Å². The van der Waals surface area contributed by atoms with E-state index in [1.807, 2.05) is 19.1 Å². The minimum atomic E-state index is 0.0262. The molecule has 1 N–H and O–H groups in total. The Morgan fingerprint density at radius 1 is 1.12 bits per heavy atom. The standard InChI is InChI=1S/C18H23N3O4/c1-12-20-18(25-21-12)17(14-4-6-22-7-5-14)19-11-13-2-3-15-16(10-13)24-9-8-23-15/h2-3,10,14,17,19H,4-9,11H2,1H3/t17-/m1/s1. The van der Waals surface area contributed by atoms with Crippen molar-refractivity contribution in [2.75, 3.05) is 26.4 Å². The molecule has 7 nitrogen and oxygen atoms in total. The summed E-state index contributed by atoms with van der Waals surface area (Å²) in [5.74, 6) is 3.35. The highest BCUT2D eigenvalue weighted by molar-refractivity contribution is 5.43. The first-order valence-corrected chi connectivity index (χ1v) is 8.79. The monoisotopic (exact) mass is 345 g/mol. The van der Waals surface area contributed by atoms with E-state index in [2.05, 4.69) is 21.5 Å². The van der Waals surface area contributed by atoms with Crippen molar-refractivity contribution >= 4 is 0 Å². The lowest BCUT2D eigenvalue weighted by Crippen LogP contribution is -2.32. The van der Waals surface area contributed by atoms with Crippen LogP contribution in [0, 0.1) is 12.8 Å². The number of aromatic nitrogens is 2. The van der Waals surface area contributed by atoms with Crippen LogP contribution < -0.4 is 14.8 Å². The van der Waals surface area contributed by atoms with Gasteiger partial charge in [-0.15, -0.1) is 0 Å². The molecule has 0 radical (unpaired) electrons. The highest BCUT2D eigenvalue weighted by Gasteiger charge is 2.29. The number of hydrogen-bond donors (Lipinski definition) is 1. The van der Waals surface area contributed by atoms with Crippen molar-refractivity contribution in [1.29, 1.82) is 0 Å². The number of nitrogens with zero attached hydrogens (tertiary/aromatic N) is 2. The average Bonchev–Trinajstić information content (AvgIpc) is 3.09. The molecule has 1 saturated heterocycles. The third-order valence-electron chi connectivity index (χ3n) is 4.68. The third-order valence-corrected chi connectivity index (χ3v) is 4.68. The lowest BCUT2D eigenvalue weighted by Gasteiger charge is -2.29. The Morgan fingerprint density at radius 3 is 2.68 bits per heavy atom. The van der Waals surface area contributed by atoms with Crippen LogP contribution in [0.15, 0.2) is 22.7 Å². The number of hydrogen-bond acceptors (Lipinski definition) is 7. The van der Waals surface area contributed by atoms with Crippen LogP contribution in [-0.2, 0) is 11.3 Å². The van der Waals surface area contributed by atoms with Crippen molar-refractivity contribution in [2.45, 2.75) is 32.4 Å². The fraction of sp³-hybridized carbons (Fsp3) is 0.556. The molecule has 134 valence electrons. The van der Waals surface area contributed by atoms with Crippen molar-refractivity contribution in [1.82, 2.24) is 15.5 Å². The largest absolute Gasteiger partial charge is 0.486 e. The fourth-order valence-corrected chi connectivity index (χ4v) is 3.37. The minimum absolute atomic E-state index is 0.0262. The van der Waals surface area contributed by atoms with E-state index in [0.29, 0.717) is 37.4 Å². The molecule has 7 heteroatoms. The lowest BCUT2D eigenvalue weighted by atomic mass is 9.91. The summed E-state index contributed by atoms with van der Waals surface area (Å²) in [5, 5.41) is 7.55. The molecule has 2 aliphatic heterocycles. The summed E-state index contributed by atoms with van der Waals surface area (Å²) in [6, 6.07) is 6.08. The van der Waals surface area contributed by atoms with E-state index in [1.165, 1.54) is 0 Å². The van der Waals surface area contributed by atoms with Crippen molar-refractivity contribution in [2.24, 2.45) is 5.92 Å². The quantitative estimate of drug-likeness (QED) is 0.891. The molecule has 0 unspecified atom stereocenters. The molecular weight excluding hydrogens is 322 g/mol. The van der Waals surface area contributed by atoms with Crippen LogP contribution in [0.25, 0.3) is 0 Å². The van der Waals surface area contributed by atoms with Gasteiger partial charge in [0.1, 0.15) is 13.2 Å². The van der Waals surface area contributed by atoms with E-state index < -0.39 is 0 Å². The van der Waals surface area contributed by atoms with Crippen LogP contribution in [0.4, 0.5) is 0 Å². The number of aryl methyl sites for hydroxylation is 1. The van der Waals surface area contributed by atoms with Gasteiger partial charge < -0.3 is 24.1 Å². The lowest BCUT2D eigenvalue weighted by molar-refractivity contribution is 0.0485. The molecule has 0 aliphatic carbocycles. The van der Waals surface area contributed by atoms with Crippen molar-refractivity contribution in [3.63, 3.8) is 0 Å². The molecule has 1 atom stereocenters. The molecular formula is C18H23N3O4. The van der Waals surface area contributed by atoms with Crippen molar-refractivity contribution < 1.29 is 18.7 Å². The Hall–Kier alpha value is -2.12. The molecule has 0 saturated carbocycles. The molecule has 2 aromatic rings. The summed E-state index contributed by atoms with van der Waals surface area (Å²) in [5.41, 5.74) is 1.14.